The Morgan fingerprint density at radius 2 is 1.59 bits per heavy atom. The molecule has 1 aromatic carbocycles. The maximum Gasteiger partial charge on any atom is 0.409 e. The Morgan fingerprint density at radius 3 is 2.19 bits per heavy atom. The van der Waals surface area contributed by atoms with Crippen LogP contribution in [0.5, 0.6) is 0 Å². The van der Waals surface area contributed by atoms with Gasteiger partial charge < -0.3 is 14.5 Å². The maximum absolute atomic E-state index is 11.8. The van der Waals surface area contributed by atoms with E-state index in [1.54, 1.807) is 0 Å². The predicted molar refractivity (Wildman–Crippen MR) is 109 cm³/mol. The molecule has 5 heteroatoms. The first-order valence-corrected chi connectivity index (χ1v) is 11.3. The molecule has 0 N–H and O–H groups in total. The second kappa shape index (κ2) is 6.91. The van der Waals surface area contributed by atoms with Gasteiger partial charge in [-0.05, 0) is 68.4 Å². The zero-order chi connectivity index (χ0) is 18.4. The summed E-state index contributed by atoms with van der Waals surface area (Å²) >= 11 is 2.19. The van der Waals surface area contributed by atoms with Crippen molar-refractivity contribution in [1.82, 2.24) is 4.90 Å². The molecule has 1 aromatic rings. The first-order chi connectivity index (χ1) is 13.1. The number of carbonyl (C=O) groups excluding carboxylic acids is 1. The van der Waals surface area contributed by atoms with Gasteiger partial charge in [-0.3, -0.25) is 0 Å². The highest BCUT2D eigenvalue weighted by molar-refractivity contribution is 8.00. The number of para-hydroxylation sites is 1. The van der Waals surface area contributed by atoms with Crippen LogP contribution in [0.25, 0.3) is 0 Å². The van der Waals surface area contributed by atoms with Gasteiger partial charge >= 0.3 is 6.09 Å². The monoisotopic (exact) mass is 386 g/mol. The van der Waals surface area contributed by atoms with E-state index in [0.717, 1.165) is 43.9 Å². The van der Waals surface area contributed by atoms with Gasteiger partial charge in [-0.2, -0.15) is 0 Å². The number of thioether (sulfide) groups is 1. The fraction of sp³-hybridized carbons (Fsp3) is 0.682. The standard InChI is InChI=1S/C22H30N2O2S/c1-26-21(25)24-8-6-23(7-9-24)19-4-2-3-5-20(19)27-22-13-16-10-17(14-22)12-18(11-16)15-22/h2-5,16-18H,6-15H2,1H3. The summed E-state index contributed by atoms with van der Waals surface area (Å²) in [5, 5.41) is 0. The Labute approximate surface area is 166 Å². The van der Waals surface area contributed by atoms with E-state index in [9.17, 15) is 4.79 Å². The summed E-state index contributed by atoms with van der Waals surface area (Å²) in [6.07, 6.45) is 8.56. The average Bonchev–Trinajstić information content (AvgIpc) is 2.66. The van der Waals surface area contributed by atoms with Gasteiger partial charge in [0.15, 0.2) is 0 Å². The molecule has 0 radical (unpaired) electrons. The number of anilines is 1. The topological polar surface area (TPSA) is 32.8 Å². The van der Waals surface area contributed by atoms with Crippen LogP contribution in [0.1, 0.15) is 38.5 Å². The Bertz CT molecular complexity index is 679. The first kappa shape index (κ1) is 17.7. The van der Waals surface area contributed by atoms with Crippen molar-refractivity contribution < 1.29 is 9.53 Å². The number of benzene rings is 1. The van der Waals surface area contributed by atoms with Gasteiger partial charge in [0.2, 0.25) is 0 Å². The zero-order valence-electron chi connectivity index (χ0n) is 16.2. The Balaban J connectivity index is 1.33. The SMILES string of the molecule is COC(=O)N1CCN(c2ccccc2SC23CC4CC(CC(C4)C2)C3)CC1. The van der Waals surface area contributed by atoms with Gasteiger partial charge in [0.25, 0.3) is 0 Å². The molecule has 6 rings (SSSR count). The van der Waals surface area contributed by atoms with Gasteiger partial charge in [0.1, 0.15) is 0 Å². The van der Waals surface area contributed by atoms with Crippen LogP contribution < -0.4 is 4.90 Å². The van der Waals surface area contributed by atoms with Crippen molar-refractivity contribution in [3.05, 3.63) is 24.3 Å². The minimum Gasteiger partial charge on any atom is -0.453 e. The Morgan fingerprint density at radius 1 is 1.00 bits per heavy atom. The van der Waals surface area contributed by atoms with E-state index < -0.39 is 0 Å². The molecule has 0 atom stereocenters. The highest BCUT2D eigenvalue weighted by atomic mass is 32.2. The van der Waals surface area contributed by atoms with Gasteiger partial charge in [0, 0.05) is 35.8 Å². The van der Waals surface area contributed by atoms with E-state index in [0.29, 0.717) is 4.75 Å². The number of nitrogens with zero attached hydrogens (tertiary/aromatic N) is 2. The number of hydrogen-bond donors (Lipinski definition) is 0. The molecule has 1 heterocycles. The Hall–Kier alpha value is -1.36. The summed E-state index contributed by atoms with van der Waals surface area (Å²) in [6, 6.07) is 8.95. The van der Waals surface area contributed by atoms with Crippen LogP contribution in [0.2, 0.25) is 0 Å². The lowest BCUT2D eigenvalue weighted by Crippen LogP contribution is -2.49. The summed E-state index contributed by atoms with van der Waals surface area (Å²) in [7, 11) is 1.46. The number of carbonyl (C=O) groups is 1. The van der Waals surface area contributed by atoms with E-state index in [4.69, 9.17) is 4.74 Å². The lowest BCUT2D eigenvalue weighted by atomic mass is 9.56. The molecule has 5 fully saturated rings. The second-order valence-corrected chi connectivity index (χ2v) is 10.6. The number of ether oxygens (including phenoxy) is 1. The predicted octanol–water partition coefficient (Wildman–Crippen LogP) is 4.64. The molecular weight excluding hydrogens is 356 g/mol. The Kier molecular flexibility index (Phi) is 4.53. The molecule has 146 valence electrons. The molecule has 27 heavy (non-hydrogen) atoms. The van der Waals surface area contributed by atoms with E-state index in [-0.39, 0.29) is 6.09 Å². The third-order valence-electron chi connectivity index (χ3n) is 7.23. The van der Waals surface area contributed by atoms with E-state index >= 15 is 0 Å². The minimum absolute atomic E-state index is 0.203. The minimum atomic E-state index is -0.203. The summed E-state index contributed by atoms with van der Waals surface area (Å²) in [6.45, 7) is 3.24. The van der Waals surface area contributed by atoms with Gasteiger partial charge in [-0.15, -0.1) is 11.8 Å². The highest BCUT2D eigenvalue weighted by Gasteiger charge is 2.51. The fourth-order valence-corrected chi connectivity index (χ4v) is 8.33. The lowest BCUT2D eigenvalue weighted by Gasteiger charge is -2.56. The van der Waals surface area contributed by atoms with Crippen molar-refractivity contribution in [2.24, 2.45) is 17.8 Å². The van der Waals surface area contributed by atoms with Crippen LogP contribution in [0.4, 0.5) is 10.5 Å². The average molecular weight is 387 g/mol. The van der Waals surface area contributed by atoms with Crippen LogP contribution in [0.3, 0.4) is 0 Å². The molecule has 4 saturated carbocycles. The number of amides is 1. The van der Waals surface area contributed by atoms with Crippen LogP contribution in [0.15, 0.2) is 29.2 Å². The first-order valence-electron chi connectivity index (χ1n) is 10.5. The van der Waals surface area contributed by atoms with Gasteiger partial charge in [-0.1, -0.05) is 12.1 Å². The molecule has 4 bridgehead atoms. The molecule has 1 amide bonds. The molecule has 1 saturated heterocycles. The van der Waals surface area contributed by atoms with Crippen molar-refractivity contribution in [1.29, 1.82) is 0 Å². The van der Waals surface area contributed by atoms with Crippen molar-refractivity contribution in [2.45, 2.75) is 48.2 Å². The van der Waals surface area contributed by atoms with Gasteiger partial charge in [-0.25, -0.2) is 4.79 Å². The van der Waals surface area contributed by atoms with Crippen LogP contribution in [-0.4, -0.2) is 49.0 Å². The van der Waals surface area contributed by atoms with Crippen LogP contribution in [-0.2, 0) is 4.74 Å². The zero-order valence-corrected chi connectivity index (χ0v) is 17.0. The van der Waals surface area contributed by atoms with E-state index in [1.807, 2.05) is 4.90 Å². The number of piperazine rings is 1. The molecule has 0 unspecified atom stereocenters. The van der Waals surface area contributed by atoms with Crippen molar-refractivity contribution in [3.8, 4) is 0 Å². The molecule has 0 spiro atoms. The van der Waals surface area contributed by atoms with Gasteiger partial charge in [0.05, 0.1) is 12.8 Å². The molecule has 4 nitrogen and oxygen atoms in total. The lowest BCUT2D eigenvalue weighted by molar-refractivity contribution is 0.0383. The van der Waals surface area contributed by atoms with Crippen LogP contribution >= 0.6 is 11.8 Å². The summed E-state index contributed by atoms with van der Waals surface area (Å²) in [4.78, 5) is 17.5. The normalized spacial score (nSPS) is 34.8. The smallest absolute Gasteiger partial charge is 0.409 e. The number of hydrogen-bond acceptors (Lipinski definition) is 4. The molecule has 5 aliphatic rings. The van der Waals surface area contributed by atoms with Crippen molar-refractivity contribution >= 4 is 23.5 Å². The quantitative estimate of drug-likeness (QED) is 0.758. The molecule has 1 aliphatic heterocycles. The van der Waals surface area contributed by atoms with Crippen molar-refractivity contribution in [3.63, 3.8) is 0 Å². The largest absolute Gasteiger partial charge is 0.453 e. The number of methoxy groups -OCH3 is 1. The third kappa shape index (κ3) is 3.32. The maximum atomic E-state index is 11.8. The van der Waals surface area contributed by atoms with Crippen molar-refractivity contribution in [2.75, 3.05) is 38.2 Å². The fourth-order valence-electron chi connectivity index (χ4n) is 6.45. The summed E-state index contributed by atoms with van der Waals surface area (Å²) in [5.74, 6) is 2.96. The molecule has 4 aliphatic carbocycles. The number of rotatable bonds is 3. The van der Waals surface area contributed by atoms with E-state index in [2.05, 4.69) is 40.9 Å². The summed E-state index contributed by atoms with van der Waals surface area (Å²) < 4.78 is 5.36. The third-order valence-corrected chi connectivity index (χ3v) is 8.73. The molecular formula is C22H30N2O2S. The highest BCUT2D eigenvalue weighted by Crippen LogP contribution is 2.62. The van der Waals surface area contributed by atoms with E-state index in [1.165, 1.54) is 56.2 Å². The second-order valence-electron chi connectivity index (χ2n) is 9.11. The molecule has 0 aromatic heterocycles. The van der Waals surface area contributed by atoms with Crippen LogP contribution in [0, 0.1) is 17.8 Å². The summed E-state index contributed by atoms with van der Waals surface area (Å²) in [5.41, 5.74) is 1.36.